The van der Waals surface area contributed by atoms with Crippen LogP contribution >= 0.6 is 0 Å². The summed E-state index contributed by atoms with van der Waals surface area (Å²) in [4.78, 5) is 0. The van der Waals surface area contributed by atoms with Gasteiger partial charge in [-0.15, -0.1) is 0 Å². The van der Waals surface area contributed by atoms with Crippen molar-refractivity contribution in [3.63, 3.8) is 0 Å². The minimum atomic E-state index is -0.380. The highest BCUT2D eigenvalue weighted by atomic mass is 16.7. The van der Waals surface area contributed by atoms with Crippen molar-refractivity contribution < 1.29 is 19.7 Å². The SMILES string of the molecule is CCC1OC23OCC(C)C1C2(C)CCC1C3CC=C2CC(O)CCC21C.CO. The van der Waals surface area contributed by atoms with E-state index in [2.05, 4.69) is 33.8 Å². The Balaban J connectivity index is 0.000000932. The molecular formula is C24H40O4. The van der Waals surface area contributed by atoms with Crippen molar-refractivity contribution in [2.75, 3.05) is 13.7 Å². The zero-order valence-electron chi connectivity index (χ0n) is 18.4. The zero-order chi connectivity index (χ0) is 20.3. The molecule has 0 aromatic rings. The summed E-state index contributed by atoms with van der Waals surface area (Å²) >= 11 is 0. The van der Waals surface area contributed by atoms with E-state index in [1.165, 1.54) is 18.4 Å². The van der Waals surface area contributed by atoms with E-state index in [9.17, 15) is 5.11 Å². The van der Waals surface area contributed by atoms with Crippen LogP contribution in [0.3, 0.4) is 0 Å². The summed E-state index contributed by atoms with van der Waals surface area (Å²) in [5, 5.41) is 17.2. The number of hydrogen-bond donors (Lipinski definition) is 2. The van der Waals surface area contributed by atoms with Crippen molar-refractivity contribution in [1.82, 2.24) is 0 Å². The highest BCUT2D eigenvalue weighted by molar-refractivity contribution is 5.27. The van der Waals surface area contributed by atoms with Crippen LogP contribution < -0.4 is 0 Å². The average molecular weight is 393 g/mol. The molecule has 5 rings (SSSR count). The number of ether oxygens (including phenoxy) is 2. The summed E-state index contributed by atoms with van der Waals surface area (Å²) in [5.74, 6) is 1.94. The number of aliphatic hydroxyl groups is 2. The lowest BCUT2D eigenvalue weighted by Gasteiger charge is -2.63. The van der Waals surface area contributed by atoms with Gasteiger partial charge in [0.1, 0.15) is 0 Å². The molecule has 28 heavy (non-hydrogen) atoms. The van der Waals surface area contributed by atoms with Crippen molar-refractivity contribution in [1.29, 1.82) is 0 Å². The van der Waals surface area contributed by atoms with Gasteiger partial charge in [0, 0.05) is 24.4 Å². The summed E-state index contributed by atoms with van der Waals surface area (Å²) < 4.78 is 13.6. The molecule has 4 heteroatoms. The van der Waals surface area contributed by atoms with Gasteiger partial charge in [0.05, 0.1) is 18.8 Å². The summed E-state index contributed by atoms with van der Waals surface area (Å²) in [5.41, 5.74) is 1.90. The highest BCUT2D eigenvalue weighted by Gasteiger charge is 2.73. The lowest BCUT2D eigenvalue weighted by Crippen LogP contribution is -2.65. The molecule has 0 radical (unpaired) electrons. The summed E-state index contributed by atoms with van der Waals surface area (Å²) in [7, 11) is 1.00. The van der Waals surface area contributed by atoms with Crippen LogP contribution in [0.4, 0.5) is 0 Å². The fourth-order valence-corrected chi connectivity index (χ4v) is 8.15. The Morgan fingerprint density at radius 2 is 1.89 bits per heavy atom. The van der Waals surface area contributed by atoms with Crippen LogP contribution in [0.2, 0.25) is 0 Å². The highest BCUT2D eigenvalue weighted by Crippen LogP contribution is 2.71. The van der Waals surface area contributed by atoms with Crippen LogP contribution in [-0.4, -0.2) is 41.9 Å². The van der Waals surface area contributed by atoms with Crippen molar-refractivity contribution in [2.45, 2.75) is 90.6 Å². The molecule has 4 nitrogen and oxygen atoms in total. The van der Waals surface area contributed by atoms with Gasteiger partial charge in [-0.1, -0.05) is 39.3 Å². The van der Waals surface area contributed by atoms with E-state index in [-0.39, 0.29) is 22.7 Å². The second-order valence-electron chi connectivity index (χ2n) is 10.5. The fraction of sp³-hybridized carbons (Fsp3) is 0.917. The number of hydrogen-bond acceptors (Lipinski definition) is 4. The maximum Gasteiger partial charge on any atom is 0.177 e. The van der Waals surface area contributed by atoms with Gasteiger partial charge >= 0.3 is 0 Å². The zero-order valence-corrected chi connectivity index (χ0v) is 18.4. The van der Waals surface area contributed by atoms with Gasteiger partial charge in [-0.05, 0) is 62.2 Å². The topological polar surface area (TPSA) is 58.9 Å². The first-order chi connectivity index (χ1) is 13.4. The molecule has 0 spiro atoms. The van der Waals surface area contributed by atoms with Gasteiger partial charge < -0.3 is 19.7 Å². The van der Waals surface area contributed by atoms with Crippen molar-refractivity contribution >= 4 is 0 Å². The molecule has 2 aliphatic heterocycles. The number of fused-ring (bicyclic) bond motifs is 3. The van der Waals surface area contributed by atoms with Crippen molar-refractivity contribution in [3.8, 4) is 0 Å². The molecule has 0 amide bonds. The molecule has 4 fully saturated rings. The van der Waals surface area contributed by atoms with Crippen LogP contribution in [0.1, 0.15) is 72.6 Å². The quantitative estimate of drug-likeness (QED) is 0.654. The van der Waals surface area contributed by atoms with Crippen molar-refractivity contribution in [2.24, 2.45) is 34.5 Å². The first-order valence-corrected chi connectivity index (χ1v) is 11.5. The van der Waals surface area contributed by atoms with E-state index in [4.69, 9.17) is 14.6 Å². The largest absolute Gasteiger partial charge is 0.400 e. The van der Waals surface area contributed by atoms with Gasteiger partial charge in [-0.2, -0.15) is 0 Å². The van der Waals surface area contributed by atoms with Crippen LogP contribution in [0.25, 0.3) is 0 Å². The van der Waals surface area contributed by atoms with Gasteiger partial charge in [0.2, 0.25) is 0 Å². The Morgan fingerprint density at radius 1 is 1.14 bits per heavy atom. The number of allylic oxidation sites excluding steroid dienone is 1. The monoisotopic (exact) mass is 392 g/mol. The number of rotatable bonds is 1. The first kappa shape index (κ1) is 20.8. The molecule has 0 aromatic heterocycles. The molecule has 3 aliphatic carbocycles. The molecule has 0 aromatic carbocycles. The van der Waals surface area contributed by atoms with Crippen LogP contribution in [0.5, 0.6) is 0 Å². The molecule has 2 bridgehead atoms. The Bertz CT molecular complexity index is 632. The first-order valence-electron chi connectivity index (χ1n) is 11.5. The summed E-state index contributed by atoms with van der Waals surface area (Å²) in [6, 6.07) is 0. The molecule has 2 saturated carbocycles. The van der Waals surface area contributed by atoms with Gasteiger partial charge in [-0.25, -0.2) is 0 Å². The average Bonchev–Trinajstić information content (AvgIpc) is 2.86. The van der Waals surface area contributed by atoms with Crippen molar-refractivity contribution in [3.05, 3.63) is 11.6 Å². The Morgan fingerprint density at radius 3 is 2.61 bits per heavy atom. The van der Waals surface area contributed by atoms with E-state index < -0.39 is 0 Å². The minimum Gasteiger partial charge on any atom is -0.400 e. The van der Waals surface area contributed by atoms with E-state index in [1.54, 1.807) is 0 Å². The third-order valence-corrected chi connectivity index (χ3v) is 9.41. The maximum atomic E-state index is 10.2. The van der Waals surface area contributed by atoms with E-state index in [0.29, 0.717) is 29.8 Å². The number of aliphatic hydroxyl groups excluding tert-OH is 2. The lowest BCUT2D eigenvalue weighted by atomic mass is 9.46. The van der Waals surface area contributed by atoms with Gasteiger partial charge in [-0.3, -0.25) is 0 Å². The van der Waals surface area contributed by atoms with Gasteiger partial charge in [0.15, 0.2) is 5.79 Å². The predicted octanol–water partition coefficient (Wildman–Crippen LogP) is 4.30. The summed E-state index contributed by atoms with van der Waals surface area (Å²) in [6.45, 7) is 10.4. The van der Waals surface area contributed by atoms with E-state index in [1.807, 2.05) is 0 Å². The third kappa shape index (κ3) is 2.50. The standard InChI is InChI=1S/C23H36O3.CH4O/c1-5-19-20-14(2)13-25-23(26-19)18-7-6-15-12-16(24)8-10-21(15,3)17(18)9-11-22(20,23)4;1-2/h6,14,16-20,24H,5,7-13H2,1-4H3;2H,1H3. The normalized spacial score (nSPS) is 54.5. The lowest BCUT2D eigenvalue weighted by molar-refractivity contribution is -0.340. The Hall–Kier alpha value is -0.420. The molecule has 160 valence electrons. The second kappa shape index (κ2) is 7.08. The molecule has 2 saturated heterocycles. The van der Waals surface area contributed by atoms with E-state index in [0.717, 1.165) is 45.8 Å². The smallest absolute Gasteiger partial charge is 0.177 e. The minimum absolute atomic E-state index is 0.138. The van der Waals surface area contributed by atoms with Crippen LogP contribution in [0.15, 0.2) is 11.6 Å². The van der Waals surface area contributed by atoms with E-state index >= 15 is 0 Å². The maximum absolute atomic E-state index is 10.2. The molecule has 9 unspecified atom stereocenters. The molecule has 5 aliphatic rings. The molecular weight excluding hydrogens is 352 g/mol. The predicted molar refractivity (Wildman–Crippen MR) is 110 cm³/mol. The Kier molecular flexibility index (Phi) is 5.27. The molecule has 2 N–H and O–H groups in total. The third-order valence-electron chi connectivity index (χ3n) is 9.41. The summed E-state index contributed by atoms with van der Waals surface area (Å²) in [6.07, 6.45) is 10.3. The van der Waals surface area contributed by atoms with Crippen LogP contribution in [0, 0.1) is 34.5 Å². The molecule has 2 heterocycles. The van der Waals surface area contributed by atoms with Gasteiger partial charge in [0.25, 0.3) is 0 Å². The second-order valence-corrected chi connectivity index (χ2v) is 10.5. The van der Waals surface area contributed by atoms with Crippen LogP contribution in [-0.2, 0) is 9.47 Å². The fourth-order valence-electron chi connectivity index (χ4n) is 8.15. The molecule has 9 atom stereocenters. The Labute approximate surface area is 170 Å².